The van der Waals surface area contributed by atoms with Gasteiger partial charge in [0.05, 0.1) is 33.0 Å². The summed E-state index contributed by atoms with van der Waals surface area (Å²) < 4.78 is 12.8. The third-order valence-corrected chi connectivity index (χ3v) is 6.19. The van der Waals surface area contributed by atoms with E-state index in [2.05, 4.69) is 4.98 Å². The molecule has 0 aliphatic heterocycles. The molecule has 0 bridgehead atoms. The minimum atomic E-state index is -0.376. The first-order chi connectivity index (χ1) is 12.9. The number of aromatic nitrogens is 1. The standard InChI is InChI=1S/C19H22N2O4S2/c1-5-21(9-11(2)19(23)24-4)16(22)10-25-14-8-15-17(20-12(3)27-15)18-13(14)6-7-26-18/h6-8,11H,5,9-10H2,1-4H3. The van der Waals surface area contributed by atoms with Crippen LogP contribution in [0.15, 0.2) is 17.5 Å². The second-order valence-corrected chi connectivity index (χ2v) is 8.41. The lowest BCUT2D eigenvalue weighted by molar-refractivity contribution is -0.146. The number of nitrogens with zero attached hydrogens (tertiary/aromatic N) is 2. The van der Waals surface area contributed by atoms with Gasteiger partial charge in [-0.25, -0.2) is 4.98 Å². The van der Waals surface area contributed by atoms with Crippen molar-refractivity contribution < 1.29 is 19.1 Å². The summed E-state index contributed by atoms with van der Waals surface area (Å²) in [4.78, 5) is 30.4. The van der Waals surface area contributed by atoms with Crippen LogP contribution in [0.4, 0.5) is 0 Å². The molecule has 0 aliphatic rings. The molecular weight excluding hydrogens is 384 g/mol. The molecule has 3 rings (SSSR count). The maximum absolute atomic E-state index is 12.6. The fourth-order valence-electron chi connectivity index (χ4n) is 2.95. The van der Waals surface area contributed by atoms with Gasteiger partial charge in [0.15, 0.2) is 6.61 Å². The molecule has 1 amide bonds. The molecule has 0 fully saturated rings. The van der Waals surface area contributed by atoms with Crippen LogP contribution in [0.2, 0.25) is 0 Å². The number of ether oxygens (including phenoxy) is 2. The minimum Gasteiger partial charge on any atom is -0.483 e. The highest BCUT2D eigenvalue weighted by molar-refractivity contribution is 7.21. The van der Waals surface area contributed by atoms with E-state index in [0.717, 1.165) is 25.3 Å². The van der Waals surface area contributed by atoms with E-state index in [1.807, 2.05) is 31.4 Å². The van der Waals surface area contributed by atoms with E-state index in [0.29, 0.717) is 18.8 Å². The van der Waals surface area contributed by atoms with Gasteiger partial charge in [-0.1, -0.05) is 6.92 Å². The molecule has 3 aromatic rings. The van der Waals surface area contributed by atoms with Gasteiger partial charge in [-0.3, -0.25) is 9.59 Å². The van der Waals surface area contributed by atoms with Gasteiger partial charge in [-0.15, -0.1) is 22.7 Å². The number of amides is 1. The molecule has 8 heteroatoms. The molecule has 2 aromatic heterocycles. The monoisotopic (exact) mass is 406 g/mol. The summed E-state index contributed by atoms with van der Waals surface area (Å²) in [6.07, 6.45) is 0. The molecule has 0 aliphatic carbocycles. The van der Waals surface area contributed by atoms with Crippen LogP contribution in [0.5, 0.6) is 5.75 Å². The minimum absolute atomic E-state index is 0.0734. The highest BCUT2D eigenvalue weighted by Gasteiger charge is 2.21. The molecule has 2 heterocycles. The van der Waals surface area contributed by atoms with E-state index in [4.69, 9.17) is 9.47 Å². The Labute approximate surface area is 165 Å². The summed E-state index contributed by atoms with van der Waals surface area (Å²) in [6, 6.07) is 3.94. The van der Waals surface area contributed by atoms with Gasteiger partial charge >= 0.3 is 5.97 Å². The topological polar surface area (TPSA) is 68.7 Å². The highest BCUT2D eigenvalue weighted by Crippen LogP contribution is 2.38. The van der Waals surface area contributed by atoms with Gasteiger partial charge in [0.25, 0.3) is 5.91 Å². The lowest BCUT2D eigenvalue weighted by Gasteiger charge is -2.23. The average molecular weight is 407 g/mol. The largest absolute Gasteiger partial charge is 0.483 e. The molecule has 0 saturated heterocycles. The Hall–Kier alpha value is -2.19. The van der Waals surface area contributed by atoms with Crippen molar-refractivity contribution in [2.75, 3.05) is 26.8 Å². The van der Waals surface area contributed by atoms with E-state index in [-0.39, 0.29) is 24.4 Å². The molecule has 0 saturated carbocycles. The SMILES string of the molecule is CCN(CC(C)C(=O)OC)C(=O)COc1cc2sc(C)nc2c2sccc12. The smallest absolute Gasteiger partial charge is 0.310 e. The number of carbonyl (C=O) groups excluding carboxylic acids is 2. The highest BCUT2D eigenvalue weighted by atomic mass is 32.1. The quantitative estimate of drug-likeness (QED) is 0.558. The van der Waals surface area contributed by atoms with E-state index < -0.39 is 0 Å². The lowest BCUT2D eigenvalue weighted by Crippen LogP contribution is -2.39. The first-order valence-corrected chi connectivity index (χ1v) is 10.4. The van der Waals surface area contributed by atoms with Crippen LogP contribution in [0.1, 0.15) is 18.9 Å². The molecule has 27 heavy (non-hydrogen) atoms. The first kappa shape index (κ1) is 19.6. The van der Waals surface area contributed by atoms with Crippen LogP contribution in [-0.2, 0) is 14.3 Å². The zero-order valence-corrected chi connectivity index (χ0v) is 17.4. The third kappa shape index (κ3) is 4.06. The molecule has 0 radical (unpaired) electrons. The predicted octanol–water partition coefficient (Wildman–Crippen LogP) is 3.86. The number of methoxy groups -OCH3 is 1. The summed E-state index contributed by atoms with van der Waals surface area (Å²) in [5.41, 5.74) is 0.989. The number of hydrogen-bond donors (Lipinski definition) is 0. The van der Waals surface area contributed by atoms with Crippen LogP contribution in [-0.4, -0.2) is 48.6 Å². The van der Waals surface area contributed by atoms with E-state index in [1.165, 1.54) is 7.11 Å². The molecule has 0 N–H and O–H groups in total. The summed E-state index contributed by atoms with van der Waals surface area (Å²) in [5, 5.41) is 3.97. The molecule has 0 spiro atoms. The number of thiazole rings is 1. The van der Waals surface area contributed by atoms with Crippen LogP contribution in [0, 0.1) is 12.8 Å². The van der Waals surface area contributed by atoms with Crippen molar-refractivity contribution >= 4 is 54.9 Å². The zero-order valence-electron chi connectivity index (χ0n) is 15.8. The van der Waals surface area contributed by atoms with Crippen molar-refractivity contribution in [1.82, 2.24) is 9.88 Å². The fourth-order valence-corrected chi connectivity index (χ4v) is 4.78. The predicted molar refractivity (Wildman–Crippen MR) is 109 cm³/mol. The number of fused-ring (bicyclic) bond motifs is 3. The first-order valence-electron chi connectivity index (χ1n) is 8.70. The van der Waals surface area contributed by atoms with E-state index in [1.54, 1.807) is 34.5 Å². The van der Waals surface area contributed by atoms with Crippen LogP contribution < -0.4 is 4.74 Å². The Kier molecular flexibility index (Phi) is 5.96. The average Bonchev–Trinajstić information content (AvgIpc) is 3.28. The Morgan fingerprint density at radius 2 is 2.15 bits per heavy atom. The maximum atomic E-state index is 12.6. The van der Waals surface area contributed by atoms with E-state index in [9.17, 15) is 9.59 Å². The van der Waals surface area contributed by atoms with Crippen molar-refractivity contribution in [2.45, 2.75) is 20.8 Å². The zero-order chi connectivity index (χ0) is 19.6. The van der Waals surface area contributed by atoms with Crippen LogP contribution in [0.3, 0.4) is 0 Å². The van der Waals surface area contributed by atoms with Gasteiger partial charge in [-0.05, 0) is 25.3 Å². The second-order valence-electron chi connectivity index (χ2n) is 6.26. The number of likely N-dealkylation sites (N-methyl/N-ethyl adjacent to an activating group) is 1. The number of esters is 1. The molecular formula is C19H22N2O4S2. The van der Waals surface area contributed by atoms with Gasteiger partial charge in [0.2, 0.25) is 0 Å². The Morgan fingerprint density at radius 1 is 1.37 bits per heavy atom. The molecule has 1 atom stereocenters. The van der Waals surface area contributed by atoms with Crippen molar-refractivity contribution in [3.05, 3.63) is 22.5 Å². The Morgan fingerprint density at radius 3 is 2.85 bits per heavy atom. The van der Waals surface area contributed by atoms with Crippen molar-refractivity contribution in [2.24, 2.45) is 5.92 Å². The van der Waals surface area contributed by atoms with Gasteiger partial charge in [0, 0.05) is 24.5 Å². The van der Waals surface area contributed by atoms with Crippen molar-refractivity contribution in [3.8, 4) is 5.75 Å². The van der Waals surface area contributed by atoms with Gasteiger partial charge < -0.3 is 14.4 Å². The number of aryl methyl sites for hydroxylation is 1. The summed E-state index contributed by atoms with van der Waals surface area (Å²) >= 11 is 3.23. The fraction of sp³-hybridized carbons (Fsp3) is 0.421. The van der Waals surface area contributed by atoms with Crippen LogP contribution >= 0.6 is 22.7 Å². The molecule has 6 nitrogen and oxygen atoms in total. The Balaban J connectivity index is 1.75. The summed E-state index contributed by atoms with van der Waals surface area (Å²) in [6.45, 7) is 6.35. The van der Waals surface area contributed by atoms with Crippen molar-refractivity contribution in [1.29, 1.82) is 0 Å². The van der Waals surface area contributed by atoms with Crippen LogP contribution in [0.25, 0.3) is 20.3 Å². The van der Waals surface area contributed by atoms with Crippen molar-refractivity contribution in [3.63, 3.8) is 0 Å². The van der Waals surface area contributed by atoms with E-state index >= 15 is 0 Å². The number of hydrogen-bond acceptors (Lipinski definition) is 7. The number of thiophene rings is 1. The summed E-state index contributed by atoms with van der Waals surface area (Å²) in [7, 11) is 1.35. The lowest BCUT2D eigenvalue weighted by atomic mass is 10.1. The Bertz CT molecular complexity index is 979. The van der Waals surface area contributed by atoms with Gasteiger partial charge in [-0.2, -0.15) is 0 Å². The number of benzene rings is 1. The normalized spacial score (nSPS) is 12.3. The number of carbonyl (C=O) groups is 2. The molecule has 1 unspecified atom stereocenters. The molecule has 144 valence electrons. The molecule has 1 aromatic carbocycles. The maximum Gasteiger partial charge on any atom is 0.310 e. The third-order valence-electron chi connectivity index (χ3n) is 4.35. The second kappa shape index (κ2) is 8.22. The van der Waals surface area contributed by atoms with Gasteiger partial charge in [0.1, 0.15) is 5.75 Å². The summed E-state index contributed by atoms with van der Waals surface area (Å²) in [5.74, 6) is -0.169. The number of rotatable bonds is 7.